The lowest BCUT2D eigenvalue weighted by atomic mass is 10.4. The molecule has 0 atom stereocenters. The summed E-state index contributed by atoms with van der Waals surface area (Å²) in [6.45, 7) is 6.59. The molecule has 76 valence electrons. The van der Waals surface area contributed by atoms with Crippen LogP contribution in [0.2, 0.25) is 0 Å². The van der Waals surface area contributed by atoms with Gasteiger partial charge < -0.3 is 10.5 Å². The zero-order valence-electron chi connectivity index (χ0n) is 8.15. The largest absolute Gasteiger partial charge is 0.475 e. The van der Waals surface area contributed by atoms with E-state index in [1.165, 1.54) is 0 Å². The van der Waals surface area contributed by atoms with Crippen LogP contribution in [0.3, 0.4) is 0 Å². The second-order valence-corrected chi connectivity index (χ2v) is 2.90. The first-order valence-corrected chi connectivity index (χ1v) is 4.12. The van der Waals surface area contributed by atoms with Crippen LogP contribution in [0.5, 0.6) is 5.88 Å². The molecule has 0 bridgehead atoms. The summed E-state index contributed by atoms with van der Waals surface area (Å²) < 4.78 is 7.00. The fourth-order valence-electron chi connectivity index (χ4n) is 0.903. The van der Waals surface area contributed by atoms with Gasteiger partial charge in [-0.25, -0.2) is 0 Å². The van der Waals surface area contributed by atoms with Crippen molar-refractivity contribution < 1.29 is 4.74 Å². The Morgan fingerprint density at radius 3 is 2.62 bits per heavy atom. The van der Waals surface area contributed by atoms with Crippen molar-refractivity contribution in [2.75, 3.05) is 12.3 Å². The van der Waals surface area contributed by atoms with Gasteiger partial charge >= 0.3 is 0 Å². The molecule has 1 heterocycles. The van der Waals surface area contributed by atoms with Gasteiger partial charge in [-0.2, -0.15) is 0 Å². The van der Waals surface area contributed by atoms with Gasteiger partial charge in [-0.05, 0) is 20.8 Å². The van der Waals surface area contributed by atoms with Crippen molar-refractivity contribution >= 4 is 18.1 Å². The average Bonchev–Trinajstić information content (AvgIpc) is 2.34. The van der Waals surface area contributed by atoms with Crippen molar-refractivity contribution in [3.8, 4) is 5.88 Å². The summed E-state index contributed by atoms with van der Waals surface area (Å²) >= 11 is 0. The summed E-state index contributed by atoms with van der Waals surface area (Å²) in [5.74, 6) is 0.534. The van der Waals surface area contributed by atoms with Gasteiger partial charge in [-0.3, -0.25) is 4.68 Å². The summed E-state index contributed by atoms with van der Waals surface area (Å²) in [6, 6.07) is 0.321. The highest BCUT2D eigenvalue weighted by atomic mass is 35.5. The summed E-state index contributed by atoms with van der Waals surface area (Å²) in [5, 5.41) is 4.17. The number of halogens is 1. The van der Waals surface area contributed by atoms with E-state index in [4.69, 9.17) is 10.5 Å². The number of hydrogen-bond donors (Lipinski definition) is 1. The van der Waals surface area contributed by atoms with E-state index in [2.05, 4.69) is 5.10 Å². The Balaban J connectivity index is 0.00000144. The van der Waals surface area contributed by atoms with Gasteiger partial charge in [0.2, 0.25) is 0 Å². The molecule has 5 heteroatoms. The second-order valence-electron chi connectivity index (χ2n) is 2.90. The number of nitrogen functional groups attached to an aromatic ring is 1. The van der Waals surface area contributed by atoms with Crippen LogP contribution >= 0.6 is 12.4 Å². The fourth-order valence-corrected chi connectivity index (χ4v) is 0.903. The maximum atomic E-state index is 5.66. The Labute approximate surface area is 84.5 Å². The Morgan fingerprint density at radius 2 is 2.23 bits per heavy atom. The molecule has 0 saturated heterocycles. The normalized spacial score (nSPS) is 9.85. The van der Waals surface area contributed by atoms with Crippen molar-refractivity contribution in [1.82, 2.24) is 9.78 Å². The molecule has 0 unspecified atom stereocenters. The molecule has 2 N–H and O–H groups in total. The van der Waals surface area contributed by atoms with Gasteiger partial charge in [0.25, 0.3) is 5.88 Å². The van der Waals surface area contributed by atoms with Crippen molar-refractivity contribution in [1.29, 1.82) is 0 Å². The molecule has 0 amide bonds. The summed E-state index contributed by atoms with van der Waals surface area (Å²) in [6.07, 6.45) is 1.79. The van der Waals surface area contributed by atoms with E-state index < -0.39 is 0 Å². The van der Waals surface area contributed by atoms with E-state index in [-0.39, 0.29) is 12.4 Å². The van der Waals surface area contributed by atoms with Crippen LogP contribution in [0.4, 0.5) is 5.69 Å². The molecule has 0 spiro atoms. The predicted octanol–water partition coefficient (Wildman–Crippen LogP) is 1.87. The van der Waals surface area contributed by atoms with Gasteiger partial charge in [0.1, 0.15) is 5.69 Å². The number of nitrogens with zero attached hydrogens (tertiary/aromatic N) is 2. The van der Waals surface area contributed by atoms with Crippen LogP contribution in [0.25, 0.3) is 0 Å². The molecular formula is C8H16ClN3O. The van der Waals surface area contributed by atoms with Crippen LogP contribution in [0.15, 0.2) is 6.20 Å². The van der Waals surface area contributed by atoms with Gasteiger partial charge in [0.05, 0.1) is 12.8 Å². The lowest BCUT2D eigenvalue weighted by molar-refractivity contribution is 0.320. The highest BCUT2D eigenvalue weighted by Crippen LogP contribution is 2.20. The van der Waals surface area contributed by atoms with Crippen LogP contribution in [0.1, 0.15) is 26.8 Å². The zero-order chi connectivity index (χ0) is 9.14. The topological polar surface area (TPSA) is 53.1 Å². The average molecular weight is 206 g/mol. The molecule has 1 aromatic rings. The Hall–Kier alpha value is -0.900. The minimum Gasteiger partial charge on any atom is -0.475 e. The maximum Gasteiger partial charge on any atom is 0.256 e. The quantitative estimate of drug-likeness (QED) is 0.820. The standard InChI is InChI=1S/C8H15N3O.ClH/c1-4-12-8-7(9)5-11(10-8)6(2)3;/h5-6H,4,9H2,1-3H3;1H. The number of ether oxygens (including phenoxy) is 1. The van der Waals surface area contributed by atoms with Gasteiger partial charge in [-0.1, -0.05) is 0 Å². The first kappa shape index (κ1) is 12.1. The van der Waals surface area contributed by atoms with Gasteiger partial charge in [-0.15, -0.1) is 17.5 Å². The highest BCUT2D eigenvalue weighted by Gasteiger charge is 2.07. The summed E-state index contributed by atoms with van der Waals surface area (Å²) in [7, 11) is 0. The Morgan fingerprint density at radius 1 is 1.62 bits per heavy atom. The SMILES string of the molecule is CCOc1nn(C(C)C)cc1N.Cl. The zero-order valence-corrected chi connectivity index (χ0v) is 8.97. The Kier molecular flexibility index (Phi) is 4.62. The minimum absolute atomic E-state index is 0. The first-order chi connectivity index (χ1) is 5.65. The third kappa shape index (κ3) is 2.81. The number of rotatable bonds is 3. The van der Waals surface area contributed by atoms with E-state index in [9.17, 15) is 0 Å². The van der Waals surface area contributed by atoms with Crippen LogP contribution < -0.4 is 10.5 Å². The van der Waals surface area contributed by atoms with Crippen LogP contribution in [-0.4, -0.2) is 16.4 Å². The summed E-state index contributed by atoms with van der Waals surface area (Å²) in [5.41, 5.74) is 6.26. The molecule has 0 radical (unpaired) electrons. The number of hydrogen-bond acceptors (Lipinski definition) is 3. The third-order valence-corrected chi connectivity index (χ3v) is 1.53. The van der Waals surface area contributed by atoms with E-state index in [1.54, 1.807) is 10.9 Å². The molecule has 0 fully saturated rings. The van der Waals surface area contributed by atoms with Crippen molar-refractivity contribution in [2.45, 2.75) is 26.8 Å². The van der Waals surface area contributed by atoms with Gasteiger partial charge in [0.15, 0.2) is 0 Å². The minimum atomic E-state index is 0. The van der Waals surface area contributed by atoms with E-state index in [0.29, 0.717) is 24.2 Å². The number of nitrogens with two attached hydrogens (primary N) is 1. The van der Waals surface area contributed by atoms with E-state index >= 15 is 0 Å². The van der Waals surface area contributed by atoms with Crippen molar-refractivity contribution in [3.63, 3.8) is 0 Å². The van der Waals surface area contributed by atoms with Crippen LogP contribution in [-0.2, 0) is 0 Å². The lowest BCUT2D eigenvalue weighted by Gasteiger charge is -2.02. The van der Waals surface area contributed by atoms with Crippen molar-refractivity contribution in [2.24, 2.45) is 0 Å². The van der Waals surface area contributed by atoms with E-state index in [0.717, 1.165) is 0 Å². The number of anilines is 1. The highest BCUT2D eigenvalue weighted by molar-refractivity contribution is 5.85. The fraction of sp³-hybridized carbons (Fsp3) is 0.625. The number of aromatic nitrogens is 2. The van der Waals surface area contributed by atoms with Crippen LogP contribution in [0, 0.1) is 0 Å². The third-order valence-electron chi connectivity index (χ3n) is 1.53. The Bertz CT molecular complexity index is 260. The van der Waals surface area contributed by atoms with Crippen molar-refractivity contribution in [3.05, 3.63) is 6.20 Å². The maximum absolute atomic E-state index is 5.66. The molecule has 1 aromatic heterocycles. The summed E-state index contributed by atoms with van der Waals surface area (Å²) in [4.78, 5) is 0. The molecule has 0 saturated carbocycles. The monoisotopic (exact) mass is 205 g/mol. The molecule has 13 heavy (non-hydrogen) atoms. The molecular weight excluding hydrogens is 190 g/mol. The predicted molar refractivity (Wildman–Crippen MR) is 55.4 cm³/mol. The lowest BCUT2D eigenvalue weighted by Crippen LogP contribution is -2.01. The molecule has 0 aliphatic carbocycles. The molecule has 1 rings (SSSR count). The molecule has 0 aromatic carbocycles. The first-order valence-electron chi connectivity index (χ1n) is 4.12. The molecule has 0 aliphatic heterocycles. The smallest absolute Gasteiger partial charge is 0.256 e. The molecule has 0 aliphatic rings. The second kappa shape index (κ2) is 4.97. The molecule has 4 nitrogen and oxygen atoms in total. The van der Waals surface area contributed by atoms with Gasteiger partial charge in [0, 0.05) is 6.04 Å². The van der Waals surface area contributed by atoms with E-state index in [1.807, 2.05) is 20.8 Å².